The van der Waals surface area contributed by atoms with Crippen LogP contribution in [0.15, 0.2) is 23.2 Å². The Morgan fingerprint density at radius 1 is 1.38 bits per heavy atom. The number of ether oxygens (including phenoxy) is 1. The molecule has 1 atom stereocenters. The van der Waals surface area contributed by atoms with Gasteiger partial charge in [0.2, 0.25) is 0 Å². The molecule has 0 radical (unpaired) electrons. The monoisotopic (exact) mass is 216 g/mol. The lowest BCUT2D eigenvalue weighted by molar-refractivity contribution is 0.346. The third-order valence-electron chi connectivity index (χ3n) is 3.22. The summed E-state index contributed by atoms with van der Waals surface area (Å²) in [7, 11) is 0. The number of rotatable bonds is 1. The second-order valence-corrected chi connectivity index (χ2v) is 4.62. The van der Waals surface area contributed by atoms with E-state index in [1.165, 1.54) is 23.2 Å². The molecule has 3 rings (SSSR count). The van der Waals surface area contributed by atoms with Gasteiger partial charge in [-0.15, -0.1) is 0 Å². The number of nitrogens with zero attached hydrogens (tertiary/aromatic N) is 1. The van der Waals surface area contributed by atoms with Crippen LogP contribution in [0.5, 0.6) is 0 Å². The van der Waals surface area contributed by atoms with E-state index in [1.807, 2.05) is 0 Å². The molecule has 2 aliphatic rings. The van der Waals surface area contributed by atoms with Gasteiger partial charge >= 0.3 is 0 Å². The van der Waals surface area contributed by atoms with Crippen LogP contribution in [-0.2, 0) is 17.6 Å². The fourth-order valence-corrected chi connectivity index (χ4v) is 2.51. The standard InChI is InChI=1S/C13H16N2O/c1-9-7-10-3-2-4-12(11(10)8-9)15-13-14-5-6-16-13/h2-4,9H,5-8H2,1H3,(H,14,15). The highest BCUT2D eigenvalue weighted by Crippen LogP contribution is 2.32. The van der Waals surface area contributed by atoms with Crippen molar-refractivity contribution in [1.29, 1.82) is 0 Å². The Labute approximate surface area is 95.5 Å². The van der Waals surface area contributed by atoms with E-state index in [0.29, 0.717) is 12.6 Å². The fraction of sp³-hybridized carbons (Fsp3) is 0.462. The maximum atomic E-state index is 5.38. The van der Waals surface area contributed by atoms with Gasteiger partial charge in [0.1, 0.15) is 6.61 Å². The van der Waals surface area contributed by atoms with Gasteiger partial charge in [-0.2, -0.15) is 0 Å². The molecular weight excluding hydrogens is 200 g/mol. The molecule has 3 nitrogen and oxygen atoms in total. The summed E-state index contributed by atoms with van der Waals surface area (Å²) in [5.41, 5.74) is 4.08. The Bertz CT molecular complexity index is 440. The molecule has 0 amide bonds. The van der Waals surface area contributed by atoms with E-state index in [1.54, 1.807) is 0 Å². The molecule has 1 aromatic carbocycles. The number of nitrogens with one attached hydrogen (secondary N) is 1. The summed E-state index contributed by atoms with van der Waals surface area (Å²) in [6.07, 6.45) is 2.35. The summed E-state index contributed by atoms with van der Waals surface area (Å²) in [5, 5.41) is 3.29. The minimum Gasteiger partial charge on any atom is -0.463 e. The molecule has 1 aliphatic heterocycles. The lowest BCUT2D eigenvalue weighted by Crippen LogP contribution is -2.13. The van der Waals surface area contributed by atoms with Crippen molar-refractivity contribution in [2.45, 2.75) is 19.8 Å². The van der Waals surface area contributed by atoms with E-state index in [2.05, 4.69) is 35.4 Å². The normalized spacial score (nSPS) is 22.6. The van der Waals surface area contributed by atoms with Gasteiger partial charge in [0.25, 0.3) is 6.02 Å². The van der Waals surface area contributed by atoms with Crippen molar-refractivity contribution in [3.63, 3.8) is 0 Å². The molecule has 1 unspecified atom stereocenters. The number of benzene rings is 1. The first kappa shape index (κ1) is 9.70. The molecular formula is C13H16N2O. The zero-order valence-corrected chi connectivity index (χ0v) is 9.49. The van der Waals surface area contributed by atoms with Crippen LogP contribution in [0.3, 0.4) is 0 Å². The van der Waals surface area contributed by atoms with Gasteiger partial charge in [-0.3, -0.25) is 0 Å². The third-order valence-corrected chi connectivity index (χ3v) is 3.22. The second kappa shape index (κ2) is 3.81. The van der Waals surface area contributed by atoms with E-state index < -0.39 is 0 Å². The van der Waals surface area contributed by atoms with Crippen LogP contribution in [-0.4, -0.2) is 19.2 Å². The Morgan fingerprint density at radius 3 is 3.12 bits per heavy atom. The van der Waals surface area contributed by atoms with E-state index in [4.69, 9.17) is 4.74 Å². The molecule has 1 heterocycles. The first-order valence-corrected chi connectivity index (χ1v) is 5.88. The molecule has 3 heteroatoms. The molecule has 0 aromatic heterocycles. The quantitative estimate of drug-likeness (QED) is 0.781. The van der Waals surface area contributed by atoms with Gasteiger partial charge in [0.05, 0.1) is 6.54 Å². The minimum absolute atomic E-state index is 0.674. The van der Waals surface area contributed by atoms with Crippen molar-refractivity contribution >= 4 is 11.7 Å². The fourth-order valence-electron chi connectivity index (χ4n) is 2.51. The van der Waals surface area contributed by atoms with Gasteiger partial charge < -0.3 is 10.1 Å². The molecule has 84 valence electrons. The van der Waals surface area contributed by atoms with Gasteiger partial charge in [0.15, 0.2) is 0 Å². The number of aliphatic imine (C=N–C) groups is 1. The molecule has 0 bridgehead atoms. The summed E-state index contributed by atoms with van der Waals surface area (Å²) in [4.78, 5) is 4.26. The summed E-state index contributed by atoms with van der Waals surface area (Å²) in [6.45, 7) is 3.77. The van der Waals surface area contributed by atoms with Crippen molar-refractivity contribution in [1.82, 2.24) is 0 Å². The molecule has 0 fully saturated rings. The van der Waals surface area contributed by atoms with Crippen molar-refractivity contribution in [2.75, 3.05) is 18.5 Å². The predicted molar refractivity (Wildman–Crippen MR) is 64.9 cm³/mol. The maximum absolute atomic E-state index is 5.38. The van der Waals surface area contributed by atoms with E-state index in [0.717, 1.165) is 18.9 Å². The zero-order valence-electron chi connectivity index (χ0n) is 9.49. The number of hydrogen-bond acceptors (Lipinski definition) is 3. The number of hydrogen-bond donors (Lipinski definition) is 1. The molecule has 16 heavy (non-hydrogen) atoms. The van der Waals surface area contributed by atoms with E-state index in [9.17, 15) is 0 Å². The van der Waals surface area contributed by atoms with Gasteiger partial charge in [-0.05, 0) is 36.0 Å². The molecule has 0 saturated carbocycles. The highest BCUT2D eigenvalue weighted by Gasteiger charge is 2.21. The van der Waals surface area contributed by atoms with Crippen LogP contribution in [0.1, 0.15) is 18.1 Å². The molecule has 1 N–H and O–H groups in total. The number of amidine groups is 1. The van der Waals surface area contributed by atoms with Gasteiger partial charge in [-0.1, -0.05) is 19.1 Å². The minimum atomic E-state index is 0.674. The summed E-state index contributed by atoms with van der Waals surface area (Å²) >= 11 is 0. The number of anilines is 1. The van der Waals surface area contributed by atoms with Gasteiger partial charge in [-0.25, -0.2) is 4.99 Å². The smallest absolute Gasteiger partial charge is 0.289 e. The molecule has 1 aliphatic carbocycles. The highest BCUT2D eigenvalue weighted by molar-refractivity contribution is 5.91. The SMILES string of the molecule is CC1Cc2cccc(NC3=NCCO3)c2C1. The van der Waals surface area contributed by atoms with Crippen molar-refractivity contribution < 1.29 is 4.74 Å². The Balaban J connectivity index is 1.88. The van der Waals surface area contributed by atoms with Crippen LogP contribution in [0, 0.1) is 5.92 Å². The first-order valence-electron chi connectivity index (χ1n) is 5.88. The summed E-state index contributed by atoms with van der Waals surface area (Å²) in [6, 6.07) is 7.12. The van der Waals surface area contributed by atoms with Crippen LogP contribution >= 0.6 is 0 Å². The van der Waals surface area contributed by atoms with Crippen LogP contribution in [0.2, 0.25) is 0 Å². The second-order valence-electron chi connectivity index (χ2n) is 4.62. The van der Waals surface area contributed by atoms with Crippen molar-refractivity contribution in [3.8, 4) is 0 Å². The maximum Gasteiger partial charge on any atom is 0.289 e. The summed E-state index contributed by atoms with van der Waals surface area (Å²) < 4.78 is 5.38. The van der Waals surface area contributed by atoms with E-state index >= 15 is 0 Å². The third kappa shape index (κ3) is 1.66. The largest absolute Gasteiger partial charge is 0.463 e. The number of fused-ring (bicyclic) bond motifs is 1. The highest BCUT2D eigenvalue weighted by atomic mass is 16.5. The Morgan fingerprint density at radius 2 is 2.31 bits per heavy atom. The van der Waals surface area contributed by atoms with Crippen molar-refractivity contribution in [3.05, 3.63) is 29.3 Å². The van der Waals surface area contributed by atoms with Crippen molar-refractivity contribution in [2.24, 2.45) is 10.9 Å². The van der Waals surface area contributed by atoms with Crippen LogP contribution < -0.4 is 5.32 Å². The lowest BCUT2D eigenvalue weighted by Gasteiger charge is -2.10. The van der Waals surface area contributed by atoms with E-state index in [-0.39, 0.29) is 0 Å². The van der Waals surface area contributed by atoms with Crippen LogP contribution in [0.4, 0.5) is 5.69 Å². The Kier molecular flexibility index (Phi) is 2.31. The van der Waals surface area contributed by atoms with Gasteiger partial charge in [0, 0.05) is 5.69 Å². The topological polar surface area (TPSA) is 33.6 Å². The average Bonchev–Trinajstić information content (AvgIpc) is 2.86. The molecule has 0 saturated heterocycles. The Hall–Kier alpha value is -1.51. The predicted octanol–water partition coefficient (Wildman–Crippen LogP) is 2.22. The zero-order chi connectivity index (χ0) is 11.0. The summed E-state index contributed by atoms with van der Waals surface area (Å²) in [5.74, 6) is 0.754. The average molecular weight is 216 g/mol. The first-order chi connectivity index (χ1) is 7.83. The molecule has 1 aromatic rings. The lowest BCUT2D eigenvalue weighted by atomic mass is 10.1. The van der Waals surface area contributed by atoms with Crippen LogP contribution in [0.25, 0.3) is 0 Å². The molecule has 0 spiro atoms.